The van der Waals surface area contributed by atoms with Crippen molar-refractivity contribution in [3.63, 3.8) is 0 Å². The monoisotopic (exact) mass is 717 g/mol. The Bertz CT molecular complexity index is 3140. The first-order valence-electron chi connectivity index (χ1n) is 19.0. The third kappa shape index (κ3) is 4.78. The van der Waals surface area contributed by atoms with E-state index in [9.17, 15) is 0 Å². The van der Waals surface area contributed by atoms with Crippen LogP contribution in [0.2, 0.25) is 0 Å². The molecule has 1 aliphatic heterocycles. The average molecular weight is 718 g/mol. The van der Waals surface area contributed by atoms with E-state index in [-0.39, 0.29) is 0 Å². The summed E-state index contributed by atoms with van der Waals surface area (Å²) in [7, 11) is 0. The number of para-hydroxylation sites is 6. The van der Waals surface area contributed by atoms with Gasteiger partial charge >= 0.3 is 0 Å². The lowest BCUT2D eigenvalue weighted by Crippen LogP contribution is -2.12. The van der Waals surface area contributed by atoms with Crippen molar-refractivity contribution in [3.05, 3.63) is 200 Å². The minimum atomic E-state index is 0.832. The van der Waals surface area contributed by atoms with Gasteiger partial charge in [-0.2, -0.15) is 0 Å². The number of rotatable bonds is 6. The fourth-order valence-corrected chi connectivity index (χ4v) is 8.82. The zero-order chi connectivity index (χ0) is 37.2. The van der Waals surface area contributed by atoms with E-state index in [0.29, 0.717) is 0 Å². The molecule has 0 bridgehead atoms. The van der Waals surface area contributed by atoms with Gasteiger partial charge in [0.2, 0.25) is 0 Å². The van der Waals surface area contributed by atoms with Crippen LogP contribution in [-0.2, 0) is 0 Å². The zero-order valence-corrected chi connectivity index (χ0v) is 30.4. The largest absolute Gasteiger partial charge is 0.355 e. The molecule has 3 heterocycles. The van der Waals surface area contributed by atoms with Crippen LogP contribution in [0.15, 0.2) is 194 Å². The lowest BCUT2D eigenvalue weighted by atomic mass is 9.98. The van der Waals surface area contributed by atoms with E-state index in [1.807, 2.05) is 18.2 Å². The molecule has 0 aliphatic carbocycles. The summed E-state index contributed by atoms with van der Waals surface area (Å²) in [5.41, 5.74) is 16.1. The minimum absolute atomic E-state index is 0.832. The molecule has 0 saturated heterocycles. The van der Waals surface area contributed by atoms with Gasteiger partial charge in [0.1, 0.15) is 0 Å². The van der Waals surface area contributed by atoms with Crippen LogP contribution >= 0.6 is 0 Å². The Labute approximate surface area is 324 Å². The fraction of sp³-hybridized carbons (Fsp3) is 0. The molecule has 0 amide bonds. The molecule has 5 nitrogen and oxygen atoms in total. The van der Waals surface area contributed by atoms with Gasteiger partial charge in [-0.3, -0.25) is 0 Å². The summed E-state index contributed by atoms with van der Waals surface area (Å²) in [6.45, 7) is 0. The molecule has 2 N–H and O–H groups in total. The molecule has 0 saturated carbocycles. The smallest absolute Gasteiger partial charge is 0.0649 e. The van der Waals surface area contributed by atoms with Crippen molar-refractivity contribution in [2.24, 2.45) is 0 Å². The first-order valence-corrected chi connectivity index (χ1v) is 19.0. The first-order chi connectivity index (χ1) is 27.8. The number of nitrogens with zero attached hydrogens (tertiary/aromatic N) is 3. The van der Waals surface area contributed by atoms with Crippen LogP contribution in [0.3, 0.4) is 0 Å². The van der Waals surface area contributed by atoms with E-state index in [1.165, 1.54) is 33.9 Å². The van der Waals surface area contributed by atoms with E-state index in [0.717, 1.165) is 72.7 Å². The molecule has 11 rings (SSSR count). The fourth-order valence-electron chi connectivity index (χ4n) is 8.82. The maximum absolute atomic E-state index is 8.75. The van der Waals surface area contributed by atoms with E-state index in [4.69, 9.17) is 5.41 Å². The normalized spacial score (nSPS) is 12.0. The lowest BCUT2D eigenvalue weighted by Gasteiger charge is -2.28. The van der Waals surface area contributed by atoms with Crippen molar-refractivity contribution in [2.75, 3.05) is 10.2 Å². The molecule has 0 unspecified atom stereocenters. The summed E-state index contributed by atoms with van der Waals surface area (Å²) in [6, 6.07) is 68.9. The second-order valence-electron chi connectivity index (χ2n) is 14.2. The second-order valence-corrected chi connectivity index (χ2v) is 14.2. The van der Waals surface area contributed by atoms with Gasteiger partial charge in [-0.05, 0) is 72.8 Å². The Kier molecular flexibility index (Phi) is 7.25. The van der Waals surface area contributed by atoms with Gasteiger partial charge in [-0.25, -0.2) is 0 Å². The van der Waals surface area contributed by atoms with E-state index < -0.39 is 0 Å². The van der Waals surface area contributed by atoms with Crippen LogP contribution in [0.1, 0.15) is 5.56 Å². The summed E-state index contributed by atoms with van der Waals surface area (Å²) in [6.07, 6.45) is 1.48. The molecule has 1 aliphatic rings. The number of hydrogen-bond acceptors (Lipinski definition) is 3. The summed E-state index contributed by atoms with van der Waals surface area (Å²) in [5, 5.41) is 15.8. The number of fused-ring (bicyclic) bond motifs is 10. The molecule has 264 valence electrons. The van der Waals surface area contributed by atoms with E-state index in [2.05, 4.69) is 195 Å². The van der Waals surface area contributed by atoms with Crippen LogP contribution in [0, 0.1) is 5.41 Å². The maximum atomic E-state index is 8.75. The van der Waals surface area contributed by atoms with E-state index >= 15 is 0 Å². The van der Waals surface area contributed by atoms with Crippen molar-refractivity contribution in [2.45, 2.75) is 0 Å². The maximum Gasteiger partial charge on any atom is 0.0649 e. The van der Waals surface area contributed by atoms with Crippen LogP contribution < -0.4 is 10.2 Å². The van der Waals surface area contributed by atoms with Crippen LogP contribution in [-0.4, -0.2) is 15.3 Å². The van der Waals surface area contributed by atoms with Crippen molar-refractivity contribution < 1.29 is 0 Å². The lowest BCUT2D eigenvalue weighted by molar-refractivity contribution is 1.13. The van der Waals surface area contributed by atoms with Gasteiger partial charge in [0, 0.05) is 73.1 Å². The van der Waals surface area contributed by atoms with E-state index in [1.54, 1.807) is 0 Å². The third-order valence-corrected chi connectivity index (χ3v) is 11.1. The molecule has 10 aromatic rings. The Balaban J connectivity index is 1.17. The molecule has 5 heteroatoms. The quantitative estimate of drug-likeness (QED) is 0.168. The van der Waals surface area contributed by atoms with Crippen molar-refractivity contribution in [1.29, 1.82) is 5.41 Å². The van der Waals surface area contributed by atoms with Gasteiger partial charge in [-0.15, -0.1) is 0 Å². The van der Waals surface area contributed by atoms with Crippen molar-refractivity contribution in [3.8, 4) is 33.8 Å². The summed E-state index contributed by atoms with van der Waals surface area (Å²) in [4.78, 5) is 2.42. The molecule has 0 fully saturated rings. The Morgan fingerprint density at radius 1 is 0.446 bits per heavy atom. The van der Waals surface area contributed by atoms with Crippen molar-refractivity contribution in [1.82, 2.24) is 9.13 Å². The first kappa shape index (κ1) is 31.9. The highest BCUT2D eigenvalue weighted by atomic mass is 15.2. The Morgan fingerprint density at radius 2 is 1.04 bits per heavy atom. The summed E-state index contributed by atoms with van der Waals surface area (Å²) in [5.74, 6) is 0. The molecule has 0 spiro atoms. The highest BCUT2D eigenvalue weighted by Gasteiger charge is 2.31. The Morgan fingerprint density at radius 3 is 1.80 bits per heavy atom. The third-order valence-electron chi connectivity index (χ3n) is 11.1. The highest BCUT2D eigenvalue weighted by molar-refractivity contribution is 6.17. The molecular formula is C51H35N5. The standard InChI is InChI=1S/C51H35N5/c52-33-43-44(53-34-16-3-1-4-17-34)31-30-39-38-22-7-11-26-45(38)56(50(39)43)37-21-15-20-36(32-37)54-46-27-12-8-23-40(46)49-41-24-9-13-28-47(41)55(35-18-5-2-6-19-35)51(49)42-25-10-14-29-48(42)54/h1-33,52-53H. The Hall–Kier alpha value is -7.63. The van der Waals surface area contributed by atoms with Gasteiger partial charge in [0.05, 0.1) is 33.6 Å². The van der Waals surface area contributed by atoms with Gasteiger partial charge in [0.25, 0.3) is 0 Å². The van der Waals surface area contributed by atoms with Gasteiger partial charge in [0.15, 0.2) is 0 Å². The molecule has 2 aromatic heterocycles. The highest BCUT2D eigenvalue weighted by Crippen LogP contribution is 2.54. The SMILES string of the molecule is N=Cc1c(Nc2ccccc2)ccc2c3ccccc3n(-c3cccc(N4c5ccccc5-c5c(n(-c6ccccc6)c6ccccc56)-c5ccccc54)c3)c12. The number of benzene rings is 8. The predicted octanol–water partition coefficient (Wildman–Crippen LogP) is 13.6. The second kappa shape index (κ2) is 12.8. The molecule has 0 atom stereocenters. The average Bonchev–Trinajstić information content (AvgIpc) is 3.74. The number of aromatic nitrogens is 2. The predicted molar refractivity (Wildman–Crippen MR) is 234 cm³/mol. The van der Waals surface area contributed by atoms with Crippen LogP contribution in [0.5, 0.6) is 0 Å². The summed E-state index contributed by atoms with van der Waals surface area (Å²) < 4.78 is 4.75. The van der Waals surface area contributed by atoms with Crippen LogP contribution in [0.25, 0.3) is 66.5 Å². The molecular weight excluding hydrogens is 683 g/mol. The van der Waals surface area contributed by atoms with Gasteiger partial charge in [-0.1, -0.05) is 121 Å². The topological polar surface area (TPSA) is 49.0 Å². The number of nitrogens with one attached hydrogen (secondary N) is 2. The summed E-state index contributed by atoms with van der Waals surface area (Å²) >= 11 is 0. The van der Waals surface area contributed by atoms with Crippen LogP contribution in [0.4, 0.5) is 28.4 Å². The number of anilines is 5. The van der Waals surface area contributed by atoms with Gasteiger partial charge < -0.3 is 24.8 Å². The number of hydrogen-bond donors (Lipinski definition) is 2. The zero-order valence-electron chi connectivity index (χ0n) is 30.4. The van der Waals surface area contributed by atoms with Crippen molar-refractivity contribution >= 4 is 67.4 Å². The minimum Gasteiger partial charge on any atom is -0.355 e. The molecule has 56 heavy (non-hydrogen) atoms. The molecule has 0 radical (unpaired) electrons. The molecule has 8 aromatic carbocycles.